The summed E-state index contributed by atoms with van der Waals surface area (Å²) in [5, 5.41) is 2.94. The van der Waals surface area contributed by atoms with Crippen molar-refractivity contribution in [2.24, 2.45) is 0 Å². The van der Waals surface area contributed by atoms with E-state index in [0.717, 1.165) is 58.5 Å². The maximum atomic E-state index is 12.3. The maximum absolute atomic E-state index is 12.3. The number of H-pyrrole nitrogens is 1. The molecule has 0 atom stereocenters. The number of carbonyl (C=O) groups is 1. The van der Waals surface area contributed by atoms with Gasteiger partial charge in [0.2, 0.25) is 0 Å². The summed E-state index contributed by atoms with van der Waals surface area (Å²) in [7, 11) is 0. The van der Waals surface area contributed by atoms with E-state index in [1.807, 2.05) is 28.4 Å². The number of hydrogen-bond acceptors (Lipinski definition) is 5. The minimum atomic E-state index is -4.84. The van der Waals surface area contributed by atoms with Gasteiger partial charge in [0.05, 0.1) is 0 Å². The van der Waals surface area contributed by atoms with Gasteiger partial charge in [-0.15, -0.1) is 0 Å². The lowest BCUT2D eigenvalue weighted by molar-refractivity contribution is -0.173. The first-order valence-corrected chi connectivity index (χ1v) is 11.5. The normalized spacial score (nSPS) is 18.0. The molecular formula is C21H24F3N3O3S. The number of pyridine rings is 1. The third-order valence-corrected chi connectivity index (χ3v) is 6.74. The van der Waals surface area contributed by atoms with E-state index in [2.05, 4.69) is 4.98 Å². The SMILES string of the molecule is O=C(NCCN1CCC(Oc2ccc3[nH]c(=O)c4c(c3c2)CCSC4)CC1)C(F)(F)F. The van der Waals surface area contributed by atoms with Crippen molar-refractivity contribution in [3.63, 3.8) is 0 Å². The summed E-state index contributed by atoms with van der Waals surface area (Å²) >= 11 is 1.77. The molecule has 0 aliphatic carbocycles. The number of hydrogen-bond donors (Lipinski definition) is 2. The van der Waals surface area contributed by atoms with Crippen molar-refractivity contribution in [3.05, 3.63) is 39.7 Å². The van der Waals surface area contributed by atoms with Crippen molar-refractivity contribution >= 4 is 28.6 Å². The van der Waals surface area contributed by atoms with Gasteiger partial charge in [-0.05, 0) is 48.8 Å². The predicted octanol–water partition coefficient (Wildman–Crippen LogP) is 2.84. The van der Waals surface area contributed by atoms with Crippen LogP contribution >= 0.6 is 11.8 Å². The van der Waals surface area contributed by atoms with Gasteiger partial charge in [0, 0.05) is 48.4 Å². The standard InChI is InChI=1S/C21H24F3N3O3S/c22-21(23,24)20(29)25-6-9-27-7-3-13(4-8-27)30-14-1-2-18-16(11-14)15-5-10-31-12-17(15)19(28)26-18/h1-2,11,13H,3-10,12H2,(H,25,29)(H,26,28). The number of aromatic amines is 1. The fourth-order valence-corrected chi connectivity index (χ4v) is 5.11. The van der Waals surface area contributed by atoms with E-state index in [9.17, 15) is 22.8 Å². The molecule has 1 amide bonds. The molecule has 6 nitrogen and oxygen atoms in total. The summed E-state index contributed by atoms with van der Waals surface area (Å²) in [6, 6.07) is 5.74. The number of carbonyl (C=O) groups excluding carboxylic acids is 1. The monoisotopic (exact) mass is 455 g/mol. The Morgan fingerprint density at radius 2 is 2.03 bits per heavy atom. The molecule has 2 aliphatic rings. The molecule has 0 spiro atoms. The van der Waals surface area contributed by atoms with E-state index in [0.29, 0.717) is 19.6 Å². The Morgan fingerprint density at radius 3 is 2.77 bits per heavy atom. The molecule has 1 aromatic carbocycles. The lowest BCUT2D eigenvalue weighted by Gasteiger charge is -2.32. The van der Waals surface area contributed by atoms with Crippen molar-refractivity contribution in [3.8, 4) is 5.75 Å². The van der Waals surface area contributed by atoms with Crippen LogP contribution in [0.1, 0.15) is 24.0 Å². The van der Waals surface area contributed by atoms with Gasteiger partial charge in [0.15, 0.2) is 0 Å². The number of piperidine rings is 1. The molecule has 31 heavy (non-hydrogen) atoms. The smallest absolute Gasteiger partial charge is 0.471 e. The van der Waals surface area contributed by atoms with E-state index in [1.165, 1.54) is 0 Å². The second-order valence-corrected chi connectivity index (χ2v) is 8.94. The van der Waals surface area contributed by atoms with E-state index in [-0.39, 0.29) is 18.2 Å². The quantitative estimate of drug-likeness (QED) is 0.726. The van der Waals surface area contributed by atoms with E-state index in [4.69, 9.17) is 4.74 Å². The molecule has 1 fully saturated rings. The fourth-order valence-electron chi connectivity index (χ4n) is 4.11. The highest BCUT2D eigenvalue weighted by Crippen LogP contribution is 2.30. The van der Waals surface area contributed by atoms with Crippen LogP contribution in [-0.2, 0) is 17.0 Å². The molecule has 2 aromatic rings. The number of nitrogens with zero attached hydrogens (tertiary/aromatic N) is 1. The van der Waals surface area contributed by atoms with Crippen LogP contribution in [0.25, 0.3) is 10.9 Å². The van der Waals surface area contributed by atoms with Crippen LogP contribution in [-0.4, -0.2) is 60.0 Å². The molecule has 1 saturated heterocycles. The van der Waals surface area contributed by atoms with Gasteiger partial charge in [-0.3, -0.25) is 9.59 Å². The highest BCUT2D eigenvalue weighted by Gasteiger charge is 2.38. The van der Waals surface area contributed by atoms with Crippen LogP contribution in [0.5, 0.6) is 5.75 Å². The summed E-state index contributed by atoms with van der Waals surface area (Å²) in [4.78, 5) is 28.1. The molecule has 2 aliphatic heterocycles. The predicted molar refractivity (Wildman–Crippen MR) is 114 cm³/mol. The van der Waals surface area contributed by atoms with Crippen LogP contribution in [0.15, 0.2) is 23.0 Å². The second kappa shape index (κ2) is 9.12. The summed E-state index contributed by atoms with van der Waals surface area (Å²) in [5.74, 6) is 0.589. The number of nitrogens with one attached hydrogen (secondary N) is 2. The fraction of sp³-hybridized carbons (Fsp3) is 0.524. The molecule has 0 saturated carbocycles. The molecule has 0 unspecified atom stereocenters. The first-order valence-electron chi connectivity index (χ1n) is 10.3. The van der Waals surface area contributed by atoms with Gasteiger partial charge in [-0.1, -0.05) is 0 Å². The third-order valence-electron chi connectivity index (χ3n) is 5.75. The first kappa shape index (κ1) is 22.0. The van der Waals surface area contributed by atoms with Gasteiger partial charge in [-0.25, -0.2) is 0 Å². The molecule has 3 heterocycles. The van der Waals surface area contributed by atoms with Crippen molar-refractivity contribution in [1.82, 2.24) is 15.2 Å². The second-order valence-electron chi connectivity index (χ2n) is 7.83. The van der Waals surface area contributed by atoms with Gasteiger partial charge in [0.1, 0.15) is 11.9 Å². The van der Waals surface area contributed by atoms with Crippen molar-refractivity contribution in [1.29, 1.82) is 0 Å². The van der Waals surface area contributed by atoms with E-state index in [1.54, 1.807) is 11.8 Å². The lowest BCUT2D eigenvalue weighted by Crippen LogP contribution is -2.44. The number of fused-ring (bicyclic) bond motifs is 3. The molecule has 0 bridgehead atoms. The summed E-state index contributed by atoms with van der Waals surface area (Å²) < 4.78 is 42.8. The topological polar surface area (TPSA) is 74.4 Å². The Bertz CT molecular complexity index is 1020. The van der Waals surface area contributed by atoms with E-state index < -0.39 is 12.1 Å². The third kappa shape index (κ3) is 5.17. The first-order chi connectivity index (χ1) is 14.8. The molecule has 0 radical (unpaired) electrons. The molecule has 10 heteroatoms. The van der Waals surface area contributed by atoms with Crippen molar-refractivity contribution < 1.29 is 22.7 Å². The molecule has 2 N–H and O–H groups in total. The Labute approximate surface area is 181 Å². The van der Waals surface area contributed by atoms with Crippen LogP contribution < -0.4 is 15.6 Å². The number of likely N-dealkylation sites (tertiary alicyclic amines) is 1. The Kier molecular flexibility index (Phi) is 6.47. The van der Waals surface area contributed by atoms with Gasteiger partial charge >= 0.3 is 12.1 Å². The molecule has 168 valence electrons. The van der Waals surface area contributed by atoms with Crippen LogP contribution in [0, 0.1) is 0 Å². The lowest BCUT2D eigenvalue weighted by atomic mass is 10.0. The summed E-state index contributed by atoms with van der Waals surface area (Å²) in [5.41, 5.74) is 2.77. The molecule has 1 aromatic heterocycles. The Hall–Kier alpha value is -2.20. The summed E-state index contributed by atoms with van der Waals surface area (Å²) in [6.07, 6.45) is -2.44. The minimum absolute atomic E-state index is 0.0119. The number of aryl methyl sites for hydroxylation is 1. The van der Waals surface area contributed by atoms with Gasteiger partial charge in [-0.2, -0.15) is 24.9 Å². The highest BCUT2D eigenvalue weighted by atomic mass is 32.2. The number of benzene rings is 1. The van der Waals surface area contributed by atoms with Gasteiger partial charge < -0.3 is 19.9 Å². The zero-order valence-electron chi connectivity index (χ0n) is 16.9. The number of aromatic nitrogens is 1. The number of thioether (sulfide) groups is 1. The number of amides is 1. The summed E-state index contributed by atoms with van der Waals surface area (Å²) in [6.45, 7) is 1.73. The van der Waals surface area contributed by atoms with Crippen LogP contribution in [0.2, 0.25) is 0 Å². The zero-order valence-corrected chi connectivity index (χ0v) is 17.7. The number of ether oxygens (including phenoxy) is 1. The van der Waals surface area contributed by atoms with Crippen LogP contribution in [0.4, 0.5) is 13.2 Å². The van der Waals surface area contributed by atoms with Crippen molar-refractivity contribution in [2.75, 3.05) is 31.9 Å². The average molecular weight is 456 g/mol. The number of rotatable bonds is 5. The Morgan fingerprint density at radius 1 is 1.26 bits per heavy atom. The Balaban J connectivity index is 1.33. The minimum Gasteiger partial charge on any atom is -0.490 e. The highest BCUT2D eigenvalue weighted by molar-refractivity contribution is 7.98. The largest absolute Gasteiger partial charge is 0.490 e. The molecule has 4 rings (SSSR count). The van der Waals surface area contributed by atoms with Crippen LogP contribution in [0.3, 0.4) is 0 Å². The zero-order chi connectivity index (χ0) is 22.0. The maximum Gasteiger partial charge on any atom is 0.471 e. The molecular weight excluding hydrogens is 431 g/mol. The number of alkyl halides is 3. The average Bonchev–Trinajstić information content (AvgIpc) is 2.75. The number of halogens is 3. The van der Waals surface area contributed by atoms with Gasteiger partial charge in [0.25, 0.3) is 5.56 Å². The van der Waals surface area contributed by atoms with E-state index >= 15 is 0 Å². The van der Waals surface area contributed by atoms with Crippen molar-refractivity contribution in [2.45, 2.75) is 37.3 Å².